The lowest BCUT2D eigenvalue weighted by molar-refractivity contribution is 0.101. The molecule has 0 saturated heterocycles. The fourth-order valence-electron chi connectivity index (χ4n) is 1.18. The Morgan fingerprint density at radius 3 is 2.80 bits per heavy atom. The minimum absolute atomic E-state index is 0.114. The van der Waals surface area contributed by atoms with Crippen molar-refractivity contribution in [2.24, 2.45) is 5.73 Å². The van der Waals surface area contributed by atoms with Crippen molar-refractivity contribution in [3.05, 3.63) is 44.4 Å². The maximum atomic E-state index is 11.9. The summed E-state index contributed by atoms with van der Waals surface area (Å²) in [5.41, 5.74) is 5.40. The molecule has 2 aromatic rings. The summed E-state index contributed by atoms with van der Waals surface area (Å²) >= 11 is 4.69. The molecule has 0 aliphatic rings. The molecule has 0 aliphatic carbocycles. The van der Waals surface area contributed by atoms with Gasteiger partial charge >= 0.3 is 0 Å². The monoisotopic (exact) mass is 285 g/mol. The summed E-state index contributed by atoms with van der Waals surface area (Å²) in [6.45, 7) is 0.304. The van der Waals surface area contributed by atoms with Crippen molar-refractivity contribution in [3.63, 3.8) is 0 Å². The first-order valence-corrected chi connectivity index (χ1v) is 5.96. The largest absolute Gasteiger partial charge is 0.456 e. The molecule has 5 heteroatoms. The van der Waals surface area contributed by atoms with Crippen LogP contribution in [0.2, 0.25) is 0 Å². The summed E-state index contributed by atoms with van der Waals surface area (Å²) < 4.78 is 6.08. The highest BCUT2D eigenvalue weighted by molar-refractivity contribution is 9.10. The molecule has 0 saturated carbocycles. The van der Waals surface area contributed by atoms with Crippen LogP contribution in [0.1, 0.15) is 21.2 Å². The van der Waals surface area contributed by atoms with Gasteiger partial charge in [0.2, 0.25) is 5.78 Å². The van der Waals surface area contributed by atoms with Crippen molar-refractivity contribution in [2.75, 3.05) is 0 Å². The average molecular weight is 286 g/mol. The maximum absolute atomic E-state index is 11.9. The first-order valence-electron chi connectivity index (χ1n) is 4.29. The second-order valence-corrected chi connectivity index (χ2v) is 4.67. The molecule has 0 spiro atoms. The molecule has 0 unspecified atom stereocenters. The summed E-state index contributed by atoms with van der Waals surface area (Å²) in [6.07, 6.45) is 0. The first-order chi connectivity index (χ1) is 7.22. The zero-order valence-electron chi connectivity index (χ0n) is 7.70. The summed E-state index contributed by atoms with van der Waals surface area (Å²) in [6, 6.07) is 5.20. The van der Waals surface area contributed by atoms with Crippen molar-refractivity contribution in [3.8, 4) is 0 Å². The van der Waals surface area contributed by atoms with E-state index in [-0.39, 0.29) is 5.78 Å². The van der Waals surface area contributed by atoms with Gasteiger partial charge in [0.05, 0.1) is 11.4 Å². The smallest absolute Gasteiger partial charge is 0.239 e. The lowest BCUT2D eigenvalue weighted by Gasteiger charge is -1.94. The van der Waals surface area contributed by atoms with E-state index in [0.717, 1.165) is 4.47 Å². The van der Waals surface area contributed by atoms with Crippen molar-refractivity contribution in [1.29, 1.82) is 0 Å². The lowest BCUT2D eigenvalue weighted by atomic mass is 10.2. The fraction of sp³-hybridized carbons (Fsp3) is 0.100. The van der Waals surface area contributed by atoms with Crippen molar-refractivity contribution >= 4 is 33.0 Å². The molecule has 0 amide bonds. The molecule has 3 nitrogen and oxygen atoms in total. The van der Waals surface area contributed by atoms with E-state index in [1.165, 1.54) is 11.3 Å². The van der Waals surface area contributed by atoms with Gasteiger partial charge in [0.15, 0.2) is 5.76 Å². The van der Waals surface area contributed by atoms with Crippen LogP contribution in [0, 0.1) is 0 Å². The Bertz CT molecular complexity index is 489. The van der Waals surface area contributed by atoms with Crippen LogP contribution in [0.4, 0.5) is 0 Å². The number of nitrogens with two attached hydrogens (primary N) is 1. The number of hydrogen-bond donors (Lipinski definition) is 1. The summed E-state index contributed by atoms with van der Waals surface area (Å²) in [5.74, 6) is 0.834. The van der Waals surface area contributed by atoms with Gasteiger partial charge < -0.3 is 10.2 Å². The van der Waals surface area contributed by atoms with Crippen LogP contribution >= 0.6 is 27.3 Å². The van der Waals surface area contributed by atoms with Crippen LogP contribution in [-0.4, -0.2) is 5.78 Å². The van der Waals surface area contributed by atoms with Crippen LogP contribution in [0.5, 0.6) is 0 Å². The van der Waals surface area contributed by atoms with Crippen LogP contribution in [0.15, 0.2) is 32.5 Å². The molecule has 15 heavy (non-hydrogen) atoms. The van der Waals surface area contributed by atoms with E-state index in [1.807, 2.05) is 11.4 Å². The Morgan fingerprint density at radius 2 is 2.27 bits per heavy atom. The first kappa shape index (κ1) is 10.6. The molecule has 2 heterocycles. The van der Waals surface area contributed by atoms with Gasteiger partial charge in [-0.3, -0.25) is 4.79 Å². The third-order valence-electron chi connectivity index (χ3n) is 1.91. The predicted molar refractivity (Wildman–Crippen MR) is 62.1 cm³/mol. The van der Waals surface area contributed by atoms with Crippen LogP contribution < -0.4 is 5.73 Å². The Kier molecular flexibility index (Phi) is 3.04. The number of carbonyl (C=O) groups excluding carboxylic acids is 1. The average Bonchev–Trinajstić information content (AvgIpc) is 2.84. The number of carbonyl (C=O) groups is 1. The highest BCUT2D eigenvalue weighted by Crippen LogP contribution is 2.26. The van der Waals surface area contributed by atoms with Crippen LogP contribution in [0.25, 0.3) is 0 Å². The van der Waals surface area contributed by atoms with E-state index in [2.05, 4.69) is 15.9 Å². The SMILES string of the molecule is NCc1ccc(C(=O)c2sccc2Br)o1. The van der Waals surface area contributed by atoms with E-state index in [1.54, 1.807) is 12.1 Å². The third kappa shape index (κ3) is 2.04. The zero-order valence-corrected chi connectivity index (χ0v) is 10.1. The highest BCUT2D eigenvalue weighted by Gasteiger charge is 2.17. The Balaban J connectivity index is 2.32. The standard InChI is InChI=1S/C10H8BrNO2S/c11-7-3-4-15-10(7)9(13)8-2-1-6(5-12)14-8/h1-4H,5,12H2. The molecule has 0 fully saturated rings. The molecule has 2 rings (SSSR count). The molecular weight excluding hydrogens is 278 g/mol. The molecule has 0 radical (unpaired) electrons. The van der Waals surface area contributed by atoms with Gasteiger partial charge in [-0.2, -0.15) is 0 Å². The van der Waals surface area contributed by atoms with E-state index in [0.29, 0.717) is 22.9 Å². The molecule has 2 N–H and O–H groups in total. The topological polar surface area (TPSA) is 56.2 Å². The van der Waals surface area contributed by atoms with Gasteiger partial charge in [0, 0.05) is 4.47 Å². The minimum Gasteiger partial charge on any atom is -0.456 e. The summed E-state index contributed by atoms with van der Waals surface area (Å²) in [4.78, 5) is 12.5. The lowest BCUT2D eigenvalue weighted by Crippen LogP contribution is -1.98. The number of furan rings is 1. The van der Waals surface area contributed by atoms with Crippen molar-refractivity contribution in [2.45, 2.75) is 6.54 Å². The second-order valence-electron chi connectivity index (χ2n) is 2.90. The Labute approximate surface area is 99.0 Å². The van der Waals surface area contributed by atoms with Gasteiger partial charge in [-0.1, -0.05) is 0 Å². The highest BCUT2D eigenvalue weighted by atomic mass is 79.9. The molecule has 0 aromatic carbocycles. The van der Waals surface area contributed by atoms with Gasteiger partial charge in [-0.25, -0.2) is 0 Å². The number of hydrogen-bond acceptors (Lipinski definition) is 4. The Hall–Kier alpha value is -0.910. The maximum Gasteiger partial charge on any atom is 0.239 e. The van der Waals surface area contributed by atoms with Gasteiger partial charge in [0.1, 0.15) is 5.76 Å². The van der Waals surface area contributed by atoms with Gasteiger partial charge in [-0.15, -0.1) is 11.3 Å². The van der Waals surface area contributed by atoms with E-state index in [4.69, 9.17) is 10.2 Å². The normalized spacial score (nSPS) is 10.5. The minimum atomic E-state index is -0.114. The predicted octanol–water partition coefficient (Wildman–Crippen LogP) is 2.79. The van der Waals surface area contributed by atoms with E-state index < -0.39 is 0 Å². The number of thiophene rings is 1. The van der Waals surface area contributed by atoms with E-state index in [9.17, 15) is 4.79 Å². The number of rotatable bonds is 3. The van der Waals surface area contributed by atoms with Crippen molar-refractivity contribution < 1.29 is 9.21 Å². The molecule has 0 atom stereocenters. The van der Waals surface area contributed by atoms with Crippen molar-refractivity contribution in [1.82, 2.24) is 0 Å². The molecule has 2 aromatic heterocycles. The second kappa shape index (κ2) is 4.30. The summed E-state index contributed by atoms with van der Waals surface area (Å²) in [5, 5.41) is 1.85. The quantitative estimate of drug-likeness (QED) is 0.883. The zero-order chi connectivity index (χ0) is 10.8. The van der Waals surface area contributed by atoms with Crippen LogP contribution in [0.3, 0.4) is 0 Å². The number of ketones is 1. The van der Waals surface area contributed by atoms with E-state index >= 15 is 0 Å². The fourth-order valence-corrected chi connectivity index (χ4v) is 2.67. The van der Waals surface area contributed by atoms with Crippen LogP contribution in [-0.2, 0) is 6.54 Å². The van der Waals surface area contributed by atoms with Gasteiger partial charge in [0.25, 0.3) is 0 Å². The third-order valence-corrected chi connectivity index (χ3v) is 3.75. The summed E-state index contributed by atoms with van der Waals surface area (Å²) in [7, 11) is 0. The molecule has 0 aliphatic heterocycles. The number of halogens is 1. The molecule has 78 valence electrons. The van der Waals surface area contributed by atoms with Gasteiger partial charge in [-0.05, 0) is 39.5 Å². The molecular formula is C10H8BrNO2S. The Morgan fingerprint density at radius 1 is 1.47 bits per heavy atom. The molecule has 0 bridgehead atoms.